The van der Waals surface area contributed by atoms with Crippen molar-refractivity contribution < 1.29 is 4.79 Å². The van der Waals surface area contributed by atoms with Gasteiger partial charge in [-0.3, -0.25) is 14.7 Å². The number of aromatic nitrogens is 1. The Balaban J connectivity index is 1.57. The van der Waals surface area contributed by atoms with Gasteiger partial charge in [0, 0.05) is 39.6 Å². The Morgan fingerprint density at radius 3 is 2.43 bits per heavy atom. The van der Waals surface area contributed by atoms with Gasteiger partial charge in [-0.15, -0.1) is 0 Å². The van der Waals surface area contributed by atoms with Crippen molar-refractivity contribution in [2.45, 2.75) is 19.4 Å². The van der Waals surface area contributed by atoms with Crippen molar-refractivity contribution in [3.05, 3.63) is 90.3 Å². The van der Waals surface area contributed by atoms with Gasteiger partial charge in [0.2, 0.25) is 5.91 Å². The van der Waals surface area contributed by atoms with Crippen LogP contribution >= 0.6 is 0 Å². The normalized spacial score (nSPS) is 19.0. The number of likely N-dealkylation sites (tertiary alicyclic amines) is 1. The Bertz CT molecular complexity index is 987. The first kappa shape index (κ1) is 20.3. The van der Waals surface area contributed by atoms with Crippen LogP contribution in [-0.2, 0) is 17.8 Å². The molecule has 0 spiro atoms. The van der Waals surface area contributed by atoms with Crippen LogP contribution in [0.25, 0.3) is 11.1 Å². The molecule has 154 valence electrons. The number of carbonyl (C=O) groups excluding carboxylic acids is 1. The smallest absolute Gasteiger partial charge is 0.229 e. The Morgan fingerprint density at radius 1 is 0.967 bits per heavy atom. The SMILES string of the molecule is CN(C)C(=O)[C@@]1(Cc2cccc(-c3ccccc3)c2)CCN(Cc2ccncc2)C1. The first-order valence-corrected chi connectivity index (χ1v) is 10.5. The van der Waals surface area contributed by atoms with Gasteiger partial charge >= 0.3 is 0 Å². The van der Waals surface area contributed by atoms with Crippen molar-refractivity contribution in [2.24, 2.45) is 5.41 Å². The predicted molar refractivity (Wildman–Crippen MR) is 121 cm³/mol. The van der Waals surface area contributed by atoms with Crippen LogP contribution in [0.15, 0.2) is 79.1 Å². The molecule has 0 aliphatic carbocycles. The summed E-state index contributed by atoms with van der Waals surface area (Å²) in [5.41, 5.74) is 4.48. The van der Waals surface area contributed by atoms with Gasteiger partial charge in [-0.1, -0.05) is 54.6 Å². The van der Waals surface area contributed by atoms with Gasteiger partial charge in [0.15, 0.2) is 0 Å². The highest BCUT2D eigenvalue weighted by molar-refractivity contribution is 5.83. The molecule has 1 aliphatic rings. The summed E-state index contributed by atoms with van der Waals surface area (Å²) in [6.07, 6.45) is 5.31. The number of nitrogens with zero attached hydrogens (tertiary/aromatic N) is 3. The van der Waals surface area contributed by atoms with E-state index in [0.717, 1.165) is 32.5 Å². The fourth-order valence-electron chi connectivity index (χ4n) is 4.59. The summed E-state index contributed by atoms with van der Waals surface area (Å²) in [5.74, 6) is 0.227. The van der Waals surface area contributed by atoms with Crippen molar-refractivity contribution in [3.63, 3.8) is 0 Å². The Labute approximate surface area is 179 Å². The second-order valence-corrected chi connectivity index (χ2v) is 8.54. The average Bonchev–Trinajstić information content (AvgIpc) is 3.18. The van der Waals surface area contributed by atoms with E-state index in [0.29, 0.717) is 0 Å². The van der Waals surface area contributed by atoms with Crippen molar-refractivity contribution in [3.8, 4) is 11.1 Å². The predicted octanol–water partition coefficient (Wildman–Crippen LogP) is 4.27. The fourth-order valence-corrected chi connectivity index (χ4v) is 4.59. The highest BCUT2D eigenvalue weighted by Gasteiger charge is 2.45. The van der Waals surface area contributed by atoms with Gasteiger partial charge in [0.05, 0.1) is 5.41 Å². The lowest BCUT2D eigenvalue weighted by Gasteiger charge is -2.31. The van der Waals surface area contributed by atoms with Gasteiger partial charge in [0.1, 0.15) is 0 Å². The van der Waals surface area contributed by atoms with Crippen LogP contribution < -0.4 is 0 Å². The summed E-state index contributed by atoms with van der Waals surface area (Å²) in [5, 5.41) is 0. The molecule has 0 unspecified atom stereocenters. The number of pyridine rings is 1. The maximum Gasteiger partial charge on any atom is 0.229 e. The van der Waals surface area contributed by atoms with Crippen molar-refractivity contribution in [1.29, 1.82) is 0 Å². The van der Waals surface area contributed by atoms with Crippen LogP contribution in [0, 0.1) is 5.41 Å². The molecular formula is C26H29N3O. The van der Waals surface area contributed by atoms with Gasteiger partial charge in [-0.2, -0.15) is 0 Å². The Kier molecular flexibility index (Phi) is 5.96. The molecule has 4 rings (SSSR count). The molecule has 1 fully saturated rings. The highest BCUT2D eigenvalue weighted by Crippen LogP contribution is 2.37. The van der Waals surface area contributed by atoms with Gasteiger partial charge < -0.3 is 4.90 Å². The lowest BCUT2D eigenvalue weighted by molar-refractivity contribution is -0.138. The molecule has 0 N–H and O–H groups in total. The van der Waals surface area contributed by atoms with Gasteiger partial charge in [-0.25, -0.2) is 0 Å². The quantitative estimate of drug-likeness (QED) is 0.621. The van der Waals surface area contributed by atoms with Crippen molar-refractivity contribution >= 4 is 5.91 Å². The molecule has 1 aromatic heterocycles. The zero-order chi connectivity index (χ0) is 21.0. The zero-order valence-corrected chi connectivity index (χ0v) is 17.8. The van der Waals surface area contributed by atoms with Crippen LogP contribution in [0.1, 0.15) is 17.5 Å². The molecule has 1 saturated heterocycles. The van der Waals surface area contributed by atoms with E-state index in [1.165, 1.54) is 22.3 Å². The molecule has 4 heteroatoms. The fraction of sp³-hybridized carbons (Fsp3) is 0.308. The molecule has 1 atom stereocenters. The summed E-state index contributed by atoms with van der Waals surface area (Å²) in [6, 6.07) is 23.2. The van der Waals surface area contributed by atoms with E-state index in [4.69, 9.17) is 0 Å². The van der Waals surface area contributed by atoms with Crippen molar-refractivity contribution in [2.75, 3.05) is 27.2 Å². The Hall–Kier alpha value is -2.98. The molecule has 4 nitrogen and oxygen atoms in total. The van der Waals surface area contributed by atoms with Crippen LogP contribution in [0.3, 0.4) is 0 Å². The summed E-state index contributed by atoms with van der Waals surface area (Å²) in [6.45, 7) is 2.57. The topological polar surface area (TPSA) is 36.4 Å². The van der Waals surface area contributed by atoms with Crippen molar-refractivity contribution in [1.82, 2.24) is 14.8 Å². The number of rotatable bonds is 6. The molecule has 3 aromatic rings. The second kappa shape index (κ2) is 8.80. The van der Waals surface area contributed by atoms with E-state index in [-0.39, 0.29) is 11.3 Å². The molecule has 1 aliphatic heterocycles. The lowest BCUT2D eigenvalue weighted by Crippen LogP contribution is -2.43. The molecule has 30 heavy (non-hydrogen) atoms. The number of hydrogen-bond acceptors (Lipinski definition) is 3. The summed E-state index contributed by atoms with van der Waals surface area (Å²) in [4.78, 5) is 21.6. The molecule has 0 radical (unpaired) electrons. The number of benzene rings is 2. The van der Waals surface area contributed by atoms with Gasteiger partial charge in [0.25, 0.3) is 0 Å². The third-order valence-electron chi connectivity index (χ3n) is 6.02. The number of carbonyl (C=O) groups is 1. The average molecular weight is 400 g/mol. The van der Waals surface area contributed by atoms with Gasteiger partial charge in [-0.05, 0) is 53.8 Å². The Morgan fingerprint density at radius 2 is 1.70 bits per heavy atom. The monoisotopic (exact) mass is 399 g/mol. The van der Waals surface area contributed by atoms with Crippen LogP contribution in [0.4, 0.5) is 0 Å². The first-order valence-electron chi connectivity index (χ1n) is 10.5. The summed E-state index contributed by atoms with van der Waals surface area (Å²) >= 11 is 0. The lowest BCUT2D eigenvalue weighted by atomic mass is 9.79. The third kappa shape index (κ3) is 4.44. The summed E-state index contributed by atoms with van der Waals surface area (Å²) in [7, 11) is 3.74. The minimum Gasteiger partial charge on any atom is -0.348 e. The first-order chi connectivity index (χ1) is 14.6. The van der Waals surface area contributed by atoms with E-state index in [1.54, 1.807) is 4.90 Å². The molecule has 0 saturated carbocycles. The second-order valence-electron chi connectivity index (χ2n) is 8.54. The zero-order valence-electron chi connectivity index (χ0n) is 17.8. The van der Waals surface area contributed by atoms with E-state index < -0.39 is 0 Å². The molecule has 2 aromatic carbocycles. The maximum absolute atomic E-state index is 13.3. The molecular weight excluding hydrogens is 370 g/mol. The standard InChI is InChI=1S/C26H29N3O/c1-28(2)25(30)26(13-16-29(20-26)19-21-11-14-27-15-12-21)18-22-7-6-10-24(17-22)23-8-4-3-5-9-23/h3-12,14-15,17H,13,16,18-20H2,1-2H3/t26-/m1/s1. The molecule has 2 heterocycles. The molecule has 0 bridgehead atoms. The largest absolute Gasteiger partial charge is 0.348 e. The van der Waals surface area contributed by atoms with Crippen LogP contribution in [-0.4, -0.2) is 47.9 Å². The highest BCUT2D eigenvalue weighted by atomic mass is 16.2. The van der Waals surface area contributed by atoms with E-state index in [9.17, 15) is 4.79 Å². The number of hydrogen-bond donors (Lipinski definition) is 0. The minimum atomic E-state index is -0.383. The molecule has 1 amide bonds. The van der Waals surface area contributed by atoms with E-state index >= 15 is 0 Å². The third-order valence-corrected chi connectivity index (χ3v) is 6.02. The summed E-state index contributed by atoms with van der Waals surface area (Å²) < 4.78 is 0. The number of amides is 1. The van der Waals surface area contributed by atoms with E-state index in [2.05, 4.69) is 70.5 Å². The van der Waals surface area contributed by atoms with Crippen LogP contribution in [0.5, 0.6) is 0 Å². The van der Waals surface area contributed by atoms with E-state index in [1.807, 2.05) is 32.6 Å². The van der Waals surface area contributed by atoms with Crippen LogP contribution in [0.2, 0.25) is 0 Å². The maximum atomic E-state index is 13.3. The minimum absolute atomic E-state index is 0.227.